The van der Waals surface area contributed by atoms with Gasteiger partial charge in [0.1, 0.15) is 11.4 Å². The van der Waals surface area contributed by atoms with E-state index in [1.807, 2.05) is 72.8 Å². The van der Waals surface area contributed by atoms with Crippen molar-refractivity contribution in [1.29, 1.82) is 0 Å². The fourth-order valence-electron chi connectivity index (χ4n) is 9.70. The summed E-state index contributed by atoms with van der Waals surface area (Å²) in [7, 11) is 0. The molecule has 0 radical (unpaired) electrons. The minimum Gasteiger partial charge on any atom is -0.309 e. The van der Waals surface area contributed by atoms with Crippen LogP contribution in [0.15, 0.2) is 241 Å². The van der Waals surface area contributed by atoms with Gasteiger partial charge in [-0.05, 0) is 121 Å². The van der Waals surface area contributed by atoms with E-state index in [4.69, 9.17) is 0 Å². The van der Waals surface area contributed by atoms with Gasteiger partial charge in [-0.25, -0.2) is 4.98 Å². The molecular weight excluding hydrogens is 901 g/mol. The molecule has 0 unspecified atom stereocenters. The van der Waals surface area contributed by atoms with Crippen LogP contribution in [0.1, 0.15) is 32.1 Å². The molecule has 0 amide bonds. The average Bonchev–Trinajstić information content (AvgIpc) is 4.05. The van der Waals surface area contributed by atoms with Crippen molar-refractivity contribution in [2.24, 2.45) is 0 Å². The fraction of sp³-hybridized carbons (Fsp3) is 0. The predicted octanol–water partition coefficient (Wildman–Crippen LogP) is 15.3. The van der Waals surface area contributed by atoms with Crippen molar-refractivity contribution in [3.8, 4) is 17.1 Å². The van der Waals surface area contributed by atoms with Crippen LogP contribution in [-0.4, -0.2) is 30.3 Å². The molecule has 0 saturated carbocycles. The monoisotopic (exact) mass is 938 g/mol. The van der Waals surface area contributed by atoms with Crippen LogP contribution in [0, 0.1) is 0 Å². The maximum Gasteiger partial charge on any atom is 0.211 e. The Balaban J connectivity index is 0.000000199. The highest BCUT2D eigenvalue weighted by Crippen LogP contribution is 2.35. The van der Waals surface area contributed by atoms with Crippen molar-refractivity contribution < 1.29 is 9.59 Å². The largest absolute Gasteiger partial charge is 0.309 e. The number of rotatable bonds is 7. The van der Waals surface area contributed by atoms with Gasteiger partial charge in [0.05, 0.1) is 33.1 Å². The summed E-state index contributed by atoms with van der Waals surface area (Å²) in [5.41, 5.74) is 11.5. The molecule has 0 fully saturated rings. The maximum absolute atomic E-state index is 13.6. The third-order valence-electron chi connectivity index (χ3n) is 12.8. The molecule has 0 saturated heterocycles. The van der Waals surface area contributed by atoms with Crippen molar-refractivity contribution in [3.63, 3.8) is 0 Å². The number of para-hydroxylation sites is 6. The number of halogens is 1. The minimum absolute atomic E-state index is 0.229. The van der Waals surface area contributed by atoms with Crippen molar-refractivity contribution in [2.75, 3.05) is 0 Å². The Morgan fingerprint density at radius 1 is 0.294 bits per heavy atom. The lowest BCUT2D eigenvalue weighted by molar-refractivity contribution is 0.103. The highest BCUT2D eigenvalue weighted by Gasteiger charge is 2.19. The zero-order valence-corrected chi connectivity index (χ0v) is 38.1. The SMILES string of the molecule is Brc1ccc(-n2c3ccccc3c3ccccc32)cc1.O=C(c1ccc(-n2c3ccccc3c3ccccc32)cc1)c1cccc(C(=O)c2ccc(-n3c4ccccc4c4ccccc43)cc2)n1. The van der Waals surface area contributed by atoms with Crippen molar-refractivity contribution in [1.82, 2.24) is 18.7 Å². The molecule has 0 spiro atoms. The van der Waals surface area contributed by atoms with E-state index < -0.39 is 0 Å². The molecule has 9 aromatic carbocycles. The number of nitrogens with zero attached hydrogens (tertiary/aromatic N) is 4. The van der Waals surface area contributed by atoms with Crippen molar-refractivity contribution in [2.45, 2.75) is 0 Å². The van der Waals surface area contributed by atoms with Crippen LogP contribution < -0.4 is 0 Å². The van der Waals surface area contributed by atoms with Crippen LogP contribution in [0.4, 0.5) is 0 Å². The van der Waals surface area contributed by atoms with E-state index in [2.05, 4.69) is 180 Å². The fourth-order valence-corrected chi connectivity index (χ4v) is 9.96. The number of hydrogen-bond acceptors (Lipinski definition) is 3. The van der Waals surface area contributed by atoms with Crippen LogP contribution in [-0.2, 0) is 0 Å². The summed E-state index contributed by atoms with van der Waals surface area (Å²) >= 11 is 3.50. The van der Waals surface area contributed by atoms with Crippen molar-refractivity contribution >= 4 is 92.9 Å². The van der Waals surface area contributed by atoms with E-state index in [0.717, 1.165) is 37.9 Å². The summed E-state index contributed by atoms with van der Waals surface area (Å²) in [6.07, 6.45) is 0. The molecular formula is C61H39BrN4O2. The predicted molar refractivity (Wildman–Crippen MR) is 281 cm³/mol. The van der Waals surface area contributed by atoms with E-state index >= 15 is 0 Å². The number of pyridine rings is 1. The molecule has 322 valence electrons. The van der Waals surface area contributed by atoms with Crippen LogP contribution in [0.3, 0.4) is 0 Å². The molecule has 68 heavy (non-hydrogen) atoms. The molecule has 0 aliphatic rings. The summed E-state index contributed by atoms with van der Waals surface area (Å²) in [6.45, 7) is 0. The molecule has 4 heterocycles. The Labute approximate surface area is 399 Å². The van der Waals surface area contributed by atoms with Gasteiger partial charge in [0.15, 0.2) is 0 Å². The lowest BCUT2D eigenvalue weighted by Crippen LogP contribution is -2.10. The van der Waals surface area contributed by atoms with Gasteiger partial charge in [-0.2, -0.15) is 0 Å². The number of benzene rings is 9. The van der Waals surface area contributed by atoms with Gasteiger partial charge < -0.3 is 13.7 Å². The number of carbonyl (C=O) groups is 2. The van der Waals surface area contributed by atoms with Crippen molar-refractivity contribution in [3.05, 3.63) is 264 Å². The first kappa shape index (κ1) is 40.8. The second-order valence-corrected chi connectivity index (χ2v) is 17.7. The van der Waals surface area contributed by atoms with Gasteiger partial charge in [0.2, 0.25) is 11.6 Å². The second-order valence-electron chi connectivity index (χ2n) is 16.7. The van der Waals surface area contributed by atoms with E-state index in [1.54, 1.807) is 18.2 Å². The van der Waals surface area contributed by atoms with E-state index in [1.165, 1.54) is 49.0 Å². The lowest BCUT2D eigenvalue weighted by atomic mass is 10.0. The molecule has 0 N–H and O–H groups in total. The zero-order valence-electron chi connectivity index (χ0n) is 36.5. The number of carbonyl (C=O) groups excluding carboxylic acids is 2. The van der Waals surface area contributed by atoms with Gasteiger partial charge in [-0.3, -0.25) is 9.59 Å². The van der Waals surface area contributed by atoms with Gasteiger partial charge in [0, 0.05) is 65.0 Å². The third kappa shape index (κ3) is 6.99. The first-order valence-electron chi connectivity index (χ1n) is 22.5. The summed E-state index contributed by atoms with van der Waals surface area (Å²) in [5, 5.41) is 7.32. The minimum atomic E-state index is -0.236. The van der Waals surface area contributed by atoms with Gasteiger partial charge in [-0.1, -0.05) is 131 Å². The van der Waals surface area contributed by atoms with E-state index in [9.17, 15) is 9.59 Å². The Bertz CT molecular complexity index is 3720. The van der Waals surface area contributed by atoms with Gasteiger partial charge in [0.25, 0.3) is 0 Å². The average molecular weight is 940 g/mol. The third-order valence-corrected chi connectivity index (χ3v) is 13.3. The Morgan fingerprint density at radius 2 is 0.544 bits per heavy atom. The quantitative estimate of drug-likeness (QED) is 0.150. The normalized spacial score (nSPS) is 11.4. The number of hydrogen-bond donors (Lipinski definition) is 0. The number of fused-ring (bicyclic) bond motifs is 9. The molecule has 13 rings (SSSR count). The summed E-state index contributed by atoms with van der Waals surface area (Å²) in [6, 6.07) is 79.0. The first-order valence-corrected chi connectivity index (χ1v) is 23.3. The van der Waals surface area contributed by atoms with Crippen LogP contribution >= 0.6 is 15.9 Å². The first-order chi connectivity index (χ1) is 33.5. The standard InChI is InChI=1S/C43H27N3O2.C18H12BrN/c47-42(28-20-24-30(25-21-28)45-38-16-5-1-10-32(38)33-11-2-6-17-39(33)45)36-14-9-15-37(44-36)43(48)29-22-26-31(27-23-29)46-40-18-7-3-12-34(40)35-13-4-8-19-41(35)46;19-13-9-11-14(12-10-13)20-17-7-3-1-5-15(17)16-6-2-4-8-18(16)20/h1-27H;1-12H. The molecule has 0 bridgehead atoms. The molecule has 0 aliphatic carbocycles. The smallest absolute Gasteiger partial charge is 0.211 e. The van der Waals surface area contributed by atoms with Gasteiger partial charge in [-0.15, -0.1) is 0 Å². The Kier molecular flexibility index (Phi) is 10.2. The highest BCUT2D eigenvalue weighted by atomic mass is 79.9. The number of aromatic nitrogens is 4. The molecule has 13 aromatic rings. The molecule has 0 atom stereocenters. The highest BCUT2D eigenvalue weighted by molar-refractivity contribution is 9.10. The van der Waals surface area contributed by atoms with E-state index in [-0.39, 0.29) is 23.0 Å². The van der Waals surface area contributed by atoms with Crippen LogP contribution in [0.25, 0.3) is 82.5 Å². The summed E-state index contributed by atoms with van der Waals surface area (Å²) < 4.78 is 7.84. The molecule has 7 heteroatoms. The Morgan fingerprint density at radius 3 is 0.824 bits per heavy atom. The summed E-state index contributed by atoms with van der Waals surface area (Å²) in [4.78, 5) is 31.7. The molecule has 6 nitrogen and oxygen atoms in total. The number of ketones is 2. The van der Waals surface area contributed by atoms with Crippen LogP contribution in [0.5, 0.6) is 0 Å². The topological polar surface area (TPSA) is 61.8 Å². The zero-order chi connectivity index (χ0) is 45.7. The molecule has 4 aromatic heterocycles. The maximum atomic E-state index is 13.6. The summed E-state index contributed by atoms with van der Waals surface area (Å²) in [5.74, 6) is -0.472. The van der Waals surface area contributed by atoms with E-state index in [0.29, 0.717) is 11.1 Å². The second kappa shape index (κ2) is 17.0. The Hall–Kier alpha value is -8.65. The lowest BCUT2D eigenvalue weighted by Gasteiger charge is -2.10. The van der Waals surface area contributed by atoms with Crippen LogP contribution in [0.2, 0.25) is 0 Å². The molecule has 0 aliphatic heterocycles. The van der Waals surface area contributed by atoms with Gasteiger partial charge >= 0.3 is 0 Å².